The van der Waals surface area contributed by atoms with E-state index in [1.165, 1.54) is 51.4 Å². The zero-order chi connectivity index (χ0) is 15.1. The SMILES string of the molecule is CCCCCC1CCC(c2ccccc2OB(O)O)CC1. The minimum Gasteiger partial charge on any atom is -0.512 e. The van der Waals surface area contributed by atoms with Gasteiger partial charge in [-0.25, -0.2) is 0 Å². The highest BCUT2D eigenvalue weighted by Gasteiger charge is 2.25. The van der Waals surface area contributed by atoms with E-state index in [1.54, 1.807) is 0 Å². The van der Waals surface area contributed by atoms with Crippen LogP contribution in [0.2, 0.25) is 0 Å². The average molecular weight is 290 g/mol. The summed E-state index contributed by atoms with van der Waals surface area (Å²) in [7, 11) is -1.74. The fourth-order valence-electron chi connectivity index (χ4n) is 3.48. The molecule has 0 aliphatic heterocycles. The predicted octanol–water partition coefficient (Wildman–Crippen LogP) is 3.89. The van der Waals surface area contributed by atoms with Gasteiger partial charge in [-0.15, -0.1) is 0 Å². The maximum atomic E-state index is 9.02. The highest BCUT2D eigenvalue weighted by molar-refractivity contribution is 6.33. The zero-order valence-corrected chi connectivity index (χ0v) is 13.0. The topological polar surface area (TPSA) is 49.7 Å². The van der Waals surface area contributed by atoms with E-state index in [0.717, 1.165) is 11.5 Å². The van der Waals surface area contributed by atoms with Gasteiger partial charge in [0.1, 0.15) is 5.75 Å². The standard InChI is InChI=1S/C17H27BO3/c1-2-3-4-7-14-10-12-15(13-11-14)16-8-5-6-9-17(16)21-18(19)20/h5-6,8-9,14-15,19-20H,2-4,7,10-13H2,1H3. The fourth-order valence-corrected chi connectivity index (χ4v) is 3.48. The summed E-state index contributed by atoms with van der Waals surface area (Å²) in [4.78, 5) is 0. The van der Waals surface area contributed by atoms with E-state index in [0.29, 0.717) is 11.7 Å². The lowest BCUT2D eigenvalue weighted by Gasteiger charge is -2.30. The molecule has 1 fully saturated rings. The Hall–Kier alpha value is -0.995. The second-order valence-electron chi connectivity index (χ2n) is 6.20. The molecule has 116 valence electrons. The van der Waals surface area contributed by atoms with Crippen molar-refractivity contribution < 1.29 is 14.7 Å². The molecule has 1 aliphatic carbocycles. The van der Waals surface area contributed by atoms with Crippen LogP contribution in [0.15, 0.2) is 24.3 Å². The van der Waals surface area contributed by atoms with Gasteiger partial charge in [0.25, 0.3) is 0 Å². The second kappa shape index (κ2) is 8.45. The number of hydrogen-bond donors (Lipinski definition) is 2. The van der Waals surface area contributed by atoms with E-state index in [-0.39, 0.29) is 0 Å². The molecule has 4 heteroatoms. The van der Waals surface area contributed by atoms with Gasteiger partial charge in [0.15, 0.2) is 0 Å². The molecule has 0 amide bonds. The van der Waals surface area contributed by atoms with Crippen LogP contribution in [0.5, 0.6) is 5.75 Å². The Morgan fingerprint density at radius 1 is 1.10 bits per heavy atom. The Bertz CT molecular complexity index is 414. The van der Waals surface area contributed by atoms with Gasteiger partial charge >= 0.3 is 7.32 Å². The zero-order valence-electron chi connectivity index (χ0n) is 13.0. The van der Waals surface area contributed by atoms with Crippen molar-refractivity contribution >= 4 is 7.32 Å². The molecule has 0 spiro atoms. The van der Waals surface area contributed by atoms with Gasteiger partial charge in [-0.2, -0.15) is 0 Å². The number of unbranched alkanes of at least 4 members (excludes halogenated alkanes) is 2. The molecule has 1 aromatic carbocycles. The number of benzene rings is 1. The first kappa shape index (κ1) is 16.4. The first-order chi connectivity index (χ1) is 10.2. The first-order valence-electron chi connectivity index (χ1n) is 8.32. The quantitative estimate of drug-likeness (QED) is 0.591. The lowest BCUT2D eigenvalue weighted by Crippen LogP contribution is -2.22. The molecule has 0 aromatic heterocycles. The molecule has 0 atom stereocenters. The van der Waals surface area contributed by atoms with Crippen molar-refractivity contribution in [2.24, 2.45) is 5.92 Å². The molecule has 0 radical (unpaired) electrons. The highest BCUT2D eigenvalue weighted by atomic mass is 16.6. The van der Waals surface area contributed by atoms with Crippen LogP contribution in [0.3, 0.4) is 0 Å². The largest absolute Gasteiger partial charge is 0.707 e. The summed E-state index contributed by atoms with van der Waals surface area (Å²) < 4.78 is 5.12. The van der Waals surface area contributed by atoms with Crippen molar-refractivity contribution in [3.63, 3.8) is 0 Å². The van der Waals surface area contributed by atoms with Gasteiger partial charge in [-0.05, 0) is 49.1 Å². The summed E-state index contributed by atoms with van der Waals surface area (Å²) in [6.45, 7) is 2.25. The Kier molecular flexibility index (Phi) is 6.59. The van der Waals surface area contributed by atoms with Crippen LogP contribution in [0.25, 0.3) is 0 Å². The molecule has 0 bridgehead atoms. The Morgan fingerprint density at radius 3 is 2.48 bits per heavy atom. The van der Waals surface area contributed by atoms with Gasteiger partial charge < -0.3 is 14.7 Å². The number of hydrogen-bond acceptors (Lipinski definition) is 3. The van der Waals surface area contributed by atoms with E-state index >= 15 is 0 Å². The van der Waals surface area contributed by atoms with E-state index in [1.807, 2.05) is 18.2 Å². The van der Waals surface area contributed by atoms with Crippen LogP contribution in [0.4, 0.5) is 0 Å². The molecule has 21 heavy (non-hydrogen) atoms. The van der Waals surface area contributed by atoms with Crippen LogP contribution in [-0.2, 0) is 0 Å². The molecule has 2 N–H and O–H groups in total. The van der Waals surface area contributed by atoms with Crippen molar-refractivity contribution in [2.45, 2.75) is 64.2 Å². The molecular weight excluding hydrogens is 263 g/mol. The van der Waals surface area contributed by atoms with E-state index in [4.69, 9.17) is 14.7 Å². The van der Waals surface area contributed by atoms with Crippen LogP contribution in [0.1, 0.15) is 69.8 Å². The molecule has 1 aromatic rings. The molecule has 1 saturated carbocycles. The third-order valence-electron chi connectivity index (χ3n) is 4.65. The smallest absolute Gasteiger partial charge is 0.512 e. The number of para-hydroxylation sites is 1. The van der Waals surface area contributed by atoms with Crippen molar-refractivity contribution in [1.82, 2.24) is 0 Å². The Balaban J connectivity index is 1.90. The molecule has 2 rings (SSSR count). The maximum Gasteiger partial charge on any atom is 0.707 e. The van der Waals surface area contributed by atoms with Gasteiger partial charge in [-0.3, -0.25) is 0 Å². The molecular formula is C17H27BO3. The minimum absolute atomic E-state index is 0.488. The van der Waals surface area contributed by atoms with Gasteiger partial charge in [0.2, 0.25) is 0 Å². The summed E-state index contributed by atoms with van der Waals surface area (Å²) in [6, 6.07) is 7.75. The predicted molar refractivity (Wildman–Crippen MR) is 86.1 cm³/mol. The average Bonchev–Trinajstić information content (AvgIpc) is 2.48. The minimum atomic E-state index is -1.74. The summed E-state index contributed by atoms with van der Waals surface area (Å²) >= 11 is 0. The molecule has 0 heterocycles. The van der Waals surface area contributed by atoms with Crippen LogP contribution in [-0.4, -0.2) is 17.4 Å². The van der Waals surface area contributed by atoms with Gasteiger partial charge in [0, 0.05) is 0 Å². The Morgan fingerprint density at radius 2 is 1.81 bits per heavy atom. The summed E-state index contributed by atoms with van der Waals surface area (Å²) in [6.07, 6.45) is 10.3. The third-order valence-corrected chi connectivity index (χ3v) is 4.65. The van der Waals surface area contributed by atoms with Gasteiger partial charge in [-0.1, -0.05) is 50.8 Å². The monoisotopic (exact) mass is 290 g/mol. The fraction of sp³-hybridized carbons (Fsp3) is 0.647. The summed E-state index contributed by atoms with van der Waals surface area (Å²) in [5.74, 6) is 1.98. The van der Waals surface area contributed by atoms with Crippen molar-refractivity contribution in [1.29, 1.82) is 0 Å². The number of rotatable bonds is 7. The summed E-state index contributed by atoms with van der Waals surface area (Å²) in [5.41, 5.74) is 1.12. The first-order valence-corrected chi connectivity index (χ1v) is 8.32. The maximum absolute atomic E-state index is 9.02. The molecule has 3 nitrogen and oxygen atoms in total. The lowest BCUT2D eigenvalue weighted by atomic mass is 9.77. The van der Waals surface area contributed by atoms with E-state index < -0.39 is 7.32 Å². The Labute approximate surface area is 128 Å². The van der Waals surface area contributed by atoms with E-state index in [2.05, 4.69) is 13.0 Å². The molecule has 0 unspecified atom stereocenters. The normalized spacial score (nSPS) is 22.0. The molecule has 0 saturated heterocycles. The van der Waals surface area contributed by atoms with Crippen molar-refractivity contribution in [2.75, 3.05) is 0 Å². The van der Waals surface area contributed by atoms with Gasteiger partial charge in [0.05, 0.1) is 0 Å². The van der Waals surface area contributed by atoms with E-state index in [9.17, 15) is 0 Å². The van der Waals surface area contributed by atoms with Crippen LogP contribution in [0, 0.1) is 5.92 Å². The van der Waals surface area contributed by atoms with Crippen LogP contribution >= 0.6 is 0 Å². The molecule has 1 aliphatic rings. The lowest BCUT2D eigenvalue weighted by molar-refractivity contribution is 0.278. The summed E-state index contributed by atoms with van der Waals surface area (Å²) in [5, 5.41) is 18.0. The third kappa shape index (κ3) is 5.04. The van der Waals surface area contributed by atoms with Crippen LogP contribution < -0.4 is 4.65 Å². The van der Waals surface area contributed by atoms with Crippen molar-refractivity contribution in [3.8, 4) is 5.75 Å². The van der Waals surface area contributed by atoms with Crippen molar-refractivity contribution in [3.05, 3.63) is 29.8 Å². The highest BCUT2D eigenvalue weighted by Crippen LogP contribution is 2.40. The second-order valence-corrected chi connectivity index (χ2v) is 6.20.